The largest absolute Gasteiger partial charge is 0.468 e. The van der Waals surface area contributed by atoms with E-state index in [1.807, 2.05) is 20.8 Å². The van der Waals surface area contributed by atoms with Gasteiger partial charge in [0.15, 0.2) is 0 Å². The number of esters is 1. The van der Waals surface area contributed by atoms with Gasteiger partial charge in [0.25, 0.3) is 0 Å². The van der Waals surface area contributed by atoms with E-state index in [0.29, 0.717) is 0 Å². The third-order valence-corrected chi connectivity index (χ3v) is 1.10. The van der Waals surface area contributed by atoms with Crippen LogP contribution in [-0.2, 0) is 14.4 Å². The molecule has 12 heavy (non-hydrogen) atoms. The van der Waals surface area contributed by atoms with E-state index in [-0.39, 0.29) is 11.6 Å². The van der Waals surface area contributed by atoms with Crippen LogP contribution in [0.2, 0.25) is 0 Å². The summed E-state index contributed by atoms with van der Waals surface area (Å²) < 4.78 is 4.50. The molecule has 0 amide bonds. The molecular weight excluding hydrogens is 158 g/mol. The monoisotopic (exact) mass is 175 g/mol. The van der Waals surface area contributed by atoms with Crippen molar-refractivity contribution >= 4 is 5.97 Å². The predicted octanol–water partition coefficient (Wildman–Crippen LogP) is 0.868. The van der Waals surface area contributed by atoms with Crippen LogP contribution in [0, 0.1) is 0 Å². The van der Waals surface area contributed by atoms with Crippen molar-refractivity contribution in [2.45, 2.75) is 39.3 Å². The summed E-state index contributed by atoms with van der Waals surface area (Å²) in [6, 6.07) is -0.436. The van der Waals surface area contributed by atoms with E-state index in [1.54, 1.807) is 6.92 Å². The summed E-state index contributed by atoms with van der Waals surface area (Å²) in [5.74, 6) is -0.334. The number of rotatable bonds is 3. The Bertz CT molecular complexity index is 151. The summed E-state index contributed by atoms with van der Waals surface area (Å²) in [5, 5.41) is 0. The zero-order valence-corrected chi connectivity index (χ0v) is 8.30. The van der Waals surface area contributed by atoms with Crippen molar-refractivity contribution in [2.75, 3.05) is 7.11 Å². The SMILES string of the molecule is COC(=O)C(C)NOC(C)(C)C. The highest BCUT2D eigenvalue weighted by molar-refractivity contribution is 5.74. The van der Waals surface area contributed by atoms with Gasteiger partial charge in [0.1, 0.15) is 6.04 Å². The van der Waals surface area contributed by atoms with E-state index in [2.05, 4.69) is 10.2 Å². The number of methoxy groups -OCH3 is 1. The molecule has 0 rings (SSSR count). The van der Waals surface area contributed by atoms with Crippen molar-refractivity contribution in [1.82, 2.24) is 5.48 Å². The Morgan fingerprint density at radius 3 is 2.25 bits per heavy atom. The molecule has 0 aromatic rings. The Kier molecular flexibility index (Phi) is 4.20. The van der Waals surface area contributed by atoms with Gasteiger partial charge < -0.3 is 4.74 Å². The predicted molar refractivity (Wildman–Crippen MR) is 45.5 cm³/mol. The minimum Gasteiger partial charge on any atom is -0.468 e. The number of ether oxygens (including phenoxy) is 1. The Morgan fingerprint density at radius 1 is 1.42 bits per heavy atom. The number of hydrogen-bond acceptors (Lipinski definition) is 4. The van der Waals surface area contributed by atoms with Crippen molar-refractivity contribution in [2.24, 2.45) is 0 Å². The Balaban J connectivity index is 3.72. The quantitative estimate of drug-likeness (QED) is 0.510. The summed E-state index contributed by atoms with van der Waals surface area (Å²) in [5.41, 5.74) is 2.30. The molecule has 1 N–H and O–H groups in total. The maximum Gasteiger partial charge on any atom is 0.324 e. The van der Waals surface area contributed by atoms with Crippen LogP contribution in [0.4, 0.5) is 0 Å². The van der Waals surface area contributed by atoms with Crippen molar-refractivity contribution in [3.8, 4) is 0 Å². The smallest absolute Gasteiger partial charge is 0.324 e. The van der Waals surface area contributed by atoms with Crippen LogP contribution in [0.15, 0.2) is 0 Å². The molecule has 0 bridgehead atoms. The second-order valence-corrected chi connectivity index (χ2v) is 3.58. The molecule has 0 aromatic heterocycles. The molecule has 0 aliphatic rings. The van der Waals surface area contributed by atoms with Crippen molar-refractivity contribution in [3.05, 3.63) is 0 Å². The minimum atomic E-state index is -0.436. The van der Waals surface area contributed by atoms with Gasteiger partial charge in [-0.25, -0.2) is 0 Å². The molecule has 0 radical (unpaired) electrons. The van der Waals surface area contributed by atoms with Crippen molar-refractivity contribution in [1.29, 1.82) is 0 Å². The highest BCUT2D eigenvalue weighted by Crippen LogP contribution is 2.04. The van der Waals surface area contributed by atoms with Crippen LogP contribution in [0.1, 0.15) is 27.7 Å². The Labute approximate surface area is 73.2 Å². The van der Waals surface area contributed by atoms with Gasteiger partial charge in [-0.15, -0.1) is 0 Å². The molecule has 0 fully saturated rings. The van der Waals surface area contributed by atoms with Crippen LogP contribution in [-0.4, -0.2) is 24.7 Å². The lowest BCUT2D eigenvalue weighted by Crippen LogP contribution is -2.40. The third-order valence-electron chi connectivity index (χ3n) is 1.10. The normalized spacial score (nSPS) is 14.1. The van der Waals surface area contributed by atoms with E-state index in [1.165, 1.54) is 7.11 Å². The van der Waals surface area contributed by atoms with Crippen LogP contribution >= 0.6 is 0 Å². The maximum absolute atomic E-state index is 10.9. The summed E-state index contributed by atoms with van der Waals surface area (Å²) >= 11 is 0. The van der Waals surface area contributed by atoms with Gasteiger partial charge >= 0.3 is 5.97 Å². The molecule has 0 aliphatic heterocycles. The highest BCUT2D eigenvalue weighted by atomic mass is 16.7. The number of nitrogens with one attached hydrogen (secondary N) is 1. The molecule has 0 saturated carbocycles. The zero-order chi connectivity index (χ0) is 9.78. The van der Waals surface area contributed by atoms with E-state index in [9.17, 15) is 4.79 Å². The second kappa shape index (κ2) is 4.42. The first-order valence-corrected chi connectivity index (χ1v) is 3.88. The molecule has 1 atom stereocenters. The third kappa shape index (κ3) is 5.09. The molecule has 1 unspecified atom stereocenters. The molecule has 4 heteroatoms. The van der Waals surface area contributed by atoms with E-state index in [0.717, 1.165) is 0 Å². The summed E-state index contributed by atoms with van der Waals surface area (Å²) in [4.78, 5) is 16.0. The topological polar surface area (TPSA) is 47.6 Å². The van der Waals surface area contributed by atoms with Crippen LogP contribution in [0.3, 0.4) is 0 Å². The number of hydrogen-bond donors (Lipinski definition) is 1. The molecular formula is C8H17NO3. The fraction of sp³-hybridized carbons (Fsp3) is 0.875. The van der Waals surface area contributed by atoms with Gasteiger partial charge in [0.05, 0.1) is 12.7 Å². The molecule has 4 nitrogen and oxygen atoms in total. The first-order valence-electron chi connectivity index (χ1n) is 3.88. The second-order valence-electron chi connectivity index (χ2n) is 3.58. The lowest BCUT2D eigenvalue weighted by atomic mass is 10.2. The summed E-state index contributed by atoms with van der Waals surface area (Å²) in [7, 11) is 1.34. The lowest BCUT2D eigenvalue weighted by Gasteiger charge is -2.21. The van der Waals surface area contributed by atoms with Gasteiger partial charge in [-0.3, -0.25) is 9.63 Å². The fourth-order valence-corrected chi connectivity index (χ4v) is 0.490. The highest BCUT2D eigenvalue weighted by Gasteiger charge is 2.17. The Hall–Kier alpha value is -0.610. The zero-order valence-electron chi connectivity index (χ0n) is 8.30. The first kappa shape index (κ1) is 11.4. The van der Waals surface area contributed by atoms with Gasteiger partial charge in [-0.05, 0) is 27.7 Å². The van der Waals surface area contributed by atoms with Gasteiger partial charge in [-0.2, -0.15) is 5.48 Å². The maximum atomic E-state index is 10.9. The van der Waals surface area contributed by atoms with Gasteiger partial charge in [-0.1, -0.05) is 0 Å². The van der Waals surface area contributed by atoms with E-state index in [4.69, 9.17) is 4.84 Å². The lowest BCUT2D eigenvalue weighted by molar-refractivity contribution is -0.152. The average molecular weight is 175 g/mol. The van der Waals surface area contributed by atoms with Crippen LogP contribution < -0.4 is 5.48 Å². The molecule has 0 aromatic carbocycles. The molecule has 0 aliphatic carbocycles. The molecule has 0 spiro atoms. The molecule has 0 heterocycles. The van der Waals surface area contributed by atoms with E-state index < -0.39 is 6.04 Å². The van der Waals surface area contributed by atoms with Crippen molar-refractivity contribution in [3.63, 3.8) is 0 Å². The Morgan fingerprint density at radius 2 is 1.92 bits per heavy atom. The molecule has 72 valence electrons. The van der Waals surface area contributed by atoms with Crippen molar-refractivity contribution < 1.29 is 14.4 Å². The number of hydroxylamine groups is 1. The number of carbonyl (C=O) groups excluding carboxylic acids is 1. The molecule has 0 saturated heterocycles. The van der Waals surface area contributed by atoms with Crippen LogP contribution in [0.5, 0.6) is 0 Å². The summed E-state index contributed by atoms with van der Waals surface area (Å²) in [6.45, 7) is 7.36. The van der Waals surface area contributed by atoms with Gasteiger partial charge in [0, 0.05) is 0 Å². The standard InChI is InChI=1S/C8H17NO3/c1-6(7(10)11-5)9-12-8(2,3)4/h6,9H,1-5H3. The summed E-state index contributed by atoms with van der Waals surface area (Å²) in [6.07, 6.45) is 0. The average Bonchev–Trinajstić information content (AvgIpc) is 1.97. The number of carbonyl (C=O) groups is 1. The minimum absolute atomic E-state index is 0.303. The first-order chi connectivity index (χ1) is 5.37. The van der Waals surface area contributed by atoms with Gasteiger partial charge in [0.2, 0.25) is 0 Å². The van der Waals surface area contributed by atoms with Crippen LogP contribution in [0.25, 0.3) is 0 Å². The van der Waals surface area contributed by atoms with E-state index >= 15 is 0 Å². The fourth-order valence-electron chi connectivity index (χ4n) is 0.490.